The number of nitrogens with zero attached hydrogens (tertiary/aromatic N) is 2. The predicted molar refractivity (Wildman–Crippen MR) is 120 cm³/mol. The van der Waals surface area contributed by atoms with E-state index in [1.54, 1.807) is 29.2 Å². The molecule has 8 heteroatoms. The fraction of sp³-hybridized carbons (Fsp3) is 0.240. The average Bonchev–Trinajstić information content (AvgIpc) is 3.46. The van der Waals surface area contributed by atoms with E-state index in [-0.39, 0.29) is 23.1 Å². The van der Waals surface area contributed by atoms with Gasteiger partial charge in [0, 0.05) is 30.5 Å². The van der Waals surface area contributed by atoms with Gasteiger partial charge in [0.05, 0.1) is 16.9 Å². The number of hydrogen-bond acceptors (Lipinski definition) is 5. The van der Waals surface area contributed by atoms with E-state index < -0.39 is 11.7 Å². The molecule has 0 spiro atoms. The van der Waals surface area contributed by atoms with E-state index in [0.717, 1.165) is 11.1 Å². The van der Waals surface area contributed by atoms with Crippen molar-refractivity contribution in [3.8, 4) is 0 Å². The fourth-order valence-corrected chi connectivity index (χ4v) is 4.25. The number of carbonyl (C=O) groups is 2. The van der Waals surface area contributed by atoms with Gasteiger partial charge in [0.1, 0.15) is 11.6 Å². The number of amides is 2. The number of aromatic nitrogens is 1. The molecule has 0 saturated carbocycles. The number of fused-ring (bicyclic) bond motifs is 1. The highest BCUT2D eigenvalue weighted by Gasteiger charge is 2.28. The van der Waals surface area contributed by atoms with Gasteiger partial charge in [-0.05, 0) is 44.0 Å². The fourth-order valence-electron chi connectivity index (χ4n) is 4.25. The summed E-state index contributed by atoms with van der Waals surface area (Å²) in [5.74, 6) is -0.325. The third-order valence-corrected chi connectivity index (χ3v) is 5.97. The second-order valence-corrected chi connectivity index (χ2v) is 8.20. The largest absolute Gasteiger partial charge is 0.459 e. The van der Waals surface area contributed by atoms with Crippen molar-refractivity contribution in [1.29, 1.82) is 0 Å². The van der Waals surface area contributed by atoms with Crippen LogP contribution in [0.25, 0.3) is 11.0 Å². The van der Waals surface area contributed by atoms with E-state index in [0.29, 0.717) is 42.9 Å². The van der Waals surface area contributed by atoms with Crippen LogP contribution >= 0.6 is 0 Å². The minimum absolute atomic E-state index is 0.0520. The zero-order chi connectivity index (χ0) is 22.9. The van der Waals surface area contributed by atoms with Gasteiger partial charge in [0.2, 0.25) is 5.76 Å². The molecule has 0 unspecified atom stereocenters. The van der Waals surface area contributed by atoms with Crippen LogP contribution in [-0.2, 0) is 0 Å². The van der Waals surface area contributed by atoms with Gasteiger partial charge in [0.25, 0.3) is 11.8 Å². The summed E-state index contributed by atoms with van der Waals surface area (Å²) in [6.45, 7) is 2.81. The van der Waals surface area contributed by atoms with E-state index in [2.05, 4.69) is 10.5 Å². The van der Waals surface area contributed by atoms with Crippen LogP contribution in [0.1, 0.15) is 51.1 Å². The molecule has 7 nitrogen and oxygen atoms in total. The standard InChI is InChI=1S/C25H22FN3O4/c1-15-13-17-5-4-8-20(23(17)32-15)27-24(30)22-14-21(28-33-22)16-9-11-29(12-10-16)25(31)18-6-2-3-7-19(18)26/h2-8,13-14,16H,9-12H2,1H3,(H,27,30). The Labute approximate surface area is 189 Å². The van der Waals surface area contributed by atoms with Gasteiger partial charge < -0.3 is 19.2 Å². The number of rotatable bonds is 4. The number of piperidine rings is 1. The second-order valence-electron chi connectivity index (χ2n) is 8.20. The van der Waals surface area contributed by atoms with Crippen molar-refractivity contribution in [2.45, 2.75) is 25.7 Å². The van der Waals surface area contributed by atoms with E-state index in [1.165, 1.54) is 12.1 Å². The zero-order valence-electron chi connectivity index (χ0n) is 18.0. The Hall–Kier alpha value is -3.94. The Morgan fingerprint density at radius 3 is 2.67 bits per heavy atom. The summed E-state index contributed by atoms with van der Waals surface area (Å²) in [4.78, 5) is 27.0. The predicted octanol–water partition coefficient (Wildman–Crippen LogP) is 5.14. The van der Waals surface area contributed by atoms with Crippen molar-refractivity contribution >= 4 is 28.5 Å². The van der Waals surface area contributed by atoms with Crippen LogP contribution in [0.4, 0.5) is 10.1 Å². The van der Waals surface area contributed by atoms with Crippen LogP contribution in [0, 0.1) is 12.7 Å². The number of benzene rings is 2. The maximum absolute atomic E-state index is 13.9. The Bertz CT molecular complexity index is 1330. The number of nitrogens with one attached hydrogen (secondary N) is 1. The van der Waals surface area contributed by atoms with Crippen molar-refractivity contribution < 1.29 is 22.9 Å². The van der Waals surface area contributed by atoms with E-state index >= 15 is 0 Å². The van der Waals surface area contributed by atoms with Crippen molar-refractivity contribution in [3.63, 3.8) is 0 Å². The van der Waals surface area contributed by atoms with Gasteiger partial charge in [-0.3, -0.25) is 9.59 Å². The SMILES string of the molecule is Cc1cc2cccc(NC(=O)c3cc(C4CCN(C(=O)c5ccccc5F)CC4)no3)c2o1. The lowest BCUT2D eigenvalue weighted by Gasteiger charge is -2.31. The molecule has 2 aromatic heterocycles. The molecule has 2 aromatic carbocycles. The molecule has 1 aliphatic heterocycles. The van der Waals surface area contributed by atoms with Crippen LogP contribution in [-0.4, -0.2) is 35.0 Å². The first-order valence-corrected chi connectivity index (χ1v) is 10.8. The maximum Gasteiger partial charge on any atom is 0.294 e. The summed E-state index contributed by atoms with van der Waals surface area (Å²) in [5, 5.41) is 7.81. The first kappa shape index (κ1) is 20.9. The molecule has 0 bridgehead atoms. The quantitative estimate of drug-likeness (QED) is 0.468. The van der Waals surface area contributed by atoms with E-state index in [9.17, 15) is 14.0 Å². The number of carbonyl (C=O) groups excluding carboxylic acids is 2. The lowest BCUT2D eigenvalue weighted by molar-refractivity contribution is 0.0706. The van der Waals surface area contributed by atoms with Crippen molar-refractivity contribution in [2.75, 3.05) is 18.4 Å². The van der Waals surface area contributed by atoms with Crippen molar-refractivity contribution in [2.24, 2.45) is 0 Å². The molecular formula is C25H22FN3O4. The molecule has 4 aromatic rings. The Morgan fingerprint density at radius 1 is 1.09 bits per heavy atom. The molecule has 2 amide bonds. The third-order valence-electron chi connectivity index (χ3n) is 5.97. The molecule has 1 N–H and O–H groups in total. The molecule has 5 rings (SSSR count). The highest BCUT2D eigenvalue weighted by atomic mass is 19.1. The molecule has 1 fully saturated rings. The average molecular weight is 447 g/mol. The molecule has 1 aliphatic rings. The number of para-hydroxylation sites is 1. The lowest BCUT2D eigenvalue weighted by atomic mass is 9.93. The minimum atomic E-state index is -0.517. The van der Waals surface area contributed by atoms with Crippen molar-refractivity contribution in [1.82, 2.24) is 10.1 Å². The van der Waals surface area contributed by atoms with E-state index in [1.807, 2.05) is 25.1 Å². The van der Waals surface area contributed by atoms with Crippen molar-refractivity contribution in [3.05, 3.63) is 83.2 Å². The van der Waals surface area contributed by atoms with Crippen LogP contribution < -0.4 is 5.32 Å². The van der Waals surface area contributed by atoms with Crippen LogP contribution in [0.2, 0.25) is 0 Å². The van der Waals surface area contributed by atoms with Gasteiger partial charge >= 0.3 is 0 Å². The number of aryl methyl sites for hydroxylation is 1. The molecule has 168 valence electrons. The smallest absolute Gasteiger partial charge is 0.294 e. The Kier molecular flexibility index (Phi) is 5.42. The Morgan fingerprint density at radius 2 is 1.88 bits per heavy atom. The van der Waals surface area contributed by atoms with Crippen LogP contribution in [0.5, 0.6) is 0 Å². The number of halogens is 1. The summed E-state index contributed by atoms with van der Waals surface area (Å²) in [6.07, 6.45) is 1.30. The third kappa shape index (κ3) is 4.11. The molecular weight excluding hydrogens is 425 g/mol. The zero-order valence-corrected chi connectivity index (χ0v) is 18.0. The molecule has 0 radical (unpaired) electrons. The molecule has 1 saturated heterocycles. The summed E-state index contributed by atoms with van der Waals surface area (Å²) in [7, 11) is 0. The molecule has 3 heterocycles. The van der Waals surface area contributed by atoms with Gasteiger partial charge in [-0.1, -0.05) is 29.4 Å². The van der Waals surface area contributed by atoms with E-state index in [4.69, 9.17) is 8.94 Å². The Balaban J connectivity index is 1.23. The normalized spacial score (nSPS) is 14.5. The molecule has 33 heavy (non-hydrogen) atoms. The summed E-state index contributed by atoms with van der Waals surface area (Å²) in [5.41, 5.74) is 1.92. The lowest BCUT2D eigenvalue weighted by Crippen LogP contribution is -2.38. The monoisotopic (exact) mass is 447 g/mol. The number of anilines is 1. The highest BCUT2D eigenvalue weighted by Crippen LogP contribution is 2.30. The topological polar surface area (TPSA) is 88.6 Å². The van der Waals surface area contributed by atoms with Crippen LogP contribution in [0.15, 0.2) is 63.5 Å². The molecule has 0 aliphatic carbocycles. The van der Waals surface area contributed by atoms with Crippen LogP contribution in [0.3, 0.4) is 0 Å². The van der Waals surface area contributed by atoms with Gasteiger partial charge in [-0.15, -0.1) is 0 Å². The maximum atomic E-state index is 13.9. The summed E-state index contributed by atoms with van der Waals surface area (Å²) in [6, 6.07) is 15.1. The number of likely N-dealkylation sites (tertiary alicyclic amines) is 1. The number of furan rings is 1. The van der Waals surface area contributed by atoms with Gasteiger partial charge in [0.15, 0.2) is 5.58 Å². The molecule has 0 atom stereocenters. The minimum Gasteiger partial charge on any atom is -0.459 e. The number of hydrogen-bond donors (Lipinski definition) is 1. The first-order valence-electron chi connectivity index (χ1n) is 10.8. The summed E-state index contributed by atoms with van der Waals surface area (Å²) >= 11 is 0. The van der Waals surface area contributed by atoms with Gasteiger partial charge in [-0.2, -0.15) is 0 Å². The second kappa shape index (κ2) is 8.54. The summed E-state index contributed by atoms with van der Waals surface area (Å²) < 4.78 is 24.9. The van der Waals surface area contributed by atoms with Gasteiger partial charge in [-0.25, -0.2) is 4.39 Å². The highest BCUT2D eigenvalue weighted by molar-refractivity contribution is 6.06. The first-order chi connectivity index (χ1) is 16.0.